The predicted molar refractivity (Wildman–Crippen MR) is 115 cm³/mol. The average Bonchev–Trinajstić information content (AvgIpc) is 3.29. The van der Waals surface area contributed by atoms with E-state index >= 15 is 0 Å². The van der Waals surface area contributed by atoms with Crippen molar-refractivity contribution in [2.45, 2.75) is 18.4 Å². The second-order valence-corrected chi connectivity index (χ2v) is 7.46. The van der Waals surface area contributed by atoms with Gasteiger partial charge in [0.15, 0.2) is 0 Å². The van der Waals surface area contributed by atoms with E-state index < -0.39 is 11.5 Å². The van der Waals surface area contributed by atoms with Crippen molar-refractivity contribution >= 4 is 35.0 Å². The molecule has 3 heterocycles. The highest BCUT2D eigenvalue weighted by Crippen LogP contribution is 2.31. The van der Waals surface area contributed by atoms with Crippen LogP contribution in [0.5, 0.6) is 5.75 Å². The Balaban J connectivity index is 1.58. The Hall–Kier alpha value is -3.60. The maximum Gasteiger partial charge on any atom is 0.487 e. The lowest BCUT2D eigenvalue weighted by Crippen LogP contribution is -2.21. The van der Waals surface area contributed by atoms with E-state index in [2.05, 4.69) is 35.1 Å². The summed E-state index contributed by atoms with van der Waals surface area (Å²) in [6, 6.07) is 7.02. The van der Waals surface area contributed by atoms with Gasteiger partial charge in [-0.25, -0.2) is 9.97 Å². The number of anilines is 3. The fourth-order valence-electron chi connectivity index (χ4n) is 3.30. The fourth-order valence-corrected chi connectivity index (χ4v) is 3.39. The fraction of sp³-hybridized carbons (Fsp3) is 0.250. The Kier molecular flexibility index (Phi) is 5.99. The summed E-state index contributed by atoms with van der Waals surface area (Å²) < 4.78 is 29.7. The number of nitrogen functional groups attached to an aromatic ring is 1. The summed E-state index contributed by atoms with van der Waals surface area (Å²) in [6.07, 6.45) is 5.04. The van der Waals surface area contributed by atoms with Gasteiger partial charge in [-0.3, -0.25) is 4.79 Å². The third kappa shape index (κ3) is 5.17. The van der Waals surface area contributed by atoms with Crippen LogP contribution in [0.4, 0.5) is 26.2 Å². The number of carbonyl (C=O) groups is 1. The molecule has 0 bridgehead atoms. The standard InChI is InChI=1S/C20H18ClF2N7O2/c21-20(22,23)32-14-5-3-13(4-6-14)27-18(31)12-9-15(16-11-26-19(24)29-28-16)17(25-10-12)30-7-1-2-8-30/h3-6,9-11H,1-2,7-8H2,(H,27,31)(H2,24,26,29). The summed E-state index contributed by atoms with van der Waals surface area (Å²) in [5, 5.41) is 10.6. The zero-order valence-electron chi connectivity index (χ0n) is 16.6. The number of hydrogen-bond acceptors (Lipinski definition) is 8. The van der Waals surface area contributed by atoms with Crippen LogP contribution in [0.15, 0.2) is 42.7 Å². The lowest BCUT2D eigenvalue weighted by Gasteiger charge is -2.20. The predicted octanol–water partition coefficient (Wildman–Crippen LogP) is 3.54. The van der Waals surface area contributed by atoms with Crippen molar-refractivity contribution in [3.63, 3.8) is 0 Å². The summed E-state index contributed by atoms with van der Waals surface area (Å²) in [6.45, 7) is 1.69. The molecule has 3 aromatic rings. The monoisotopic (exact) mass is 461 g/mol. The lowest BCUT2D eigenvalue weighted by atomic mass is 10.1. The van der Waals surface area contributed by atoms with Crippen LogP contribution in [-0.4, -0.2) is 44.7 Å². The van der Waals surface area contributed by atoms with Crippen LogP contribution in [0.2, 0.25) is 0 Å². The molecule has 0 unspecified atom stereocenters. The van der Waals surface area contributed by atoms with Gasteiger partial charge in [0.05, 0.1) is 11.8 Å². The van der Waals surface area contributed by atoms with Crippen LogP contribution in [0, 0.1) is 0 Å². The first-order valence-electron chi connectivity index (χ1n) is 9.66. The van der Waals surface area contributed by atoms with Crippen molar-refractivity contribution in [1.82, 2.24) is 20.2 Å². The summed E-state index contributed by atoms with van der Waals surface area (Å²) in [7, 11) is 0. The van der Waals surface area contributed by atoms with E-state index in [1.807, 2.05) is 0 Å². The van der Waals surface area contributed by atoms with E-state index in [0.717, 1.165) is 25.9 Å². The molecule has 0 spiro atoms. The number of pyridine rings is 1. The largest absolute Gasteiger partial charge is 0.487 e. The van der Waals surface area contributed by atoms with Gasteiger partial charge >= 0.3 is 5.57 Å². The molecule has 9 nitrogen and oxygen atoms in total. The third-order valence-electron chi connectivity index (χ3n) is 4.74. The highest BCUT2D eigenvalue weighted by Gasteiger charge is 2.27. The van der Waals surface area contributed by atoms with Crippen molar-refractivity contribution in [3.05, 3.63) is 48.3 Å². The van der Waals surface area contributed by atoms with E-state index in [-0.39, 0.29) is 17.3 Å². The zero-order valence-corrected chi connectivity index (χ0v) is 17.4. The van der Waals surface area contributed by atoms with Crippen molar-refractivity contribution < 1.29 is 18.3 Å². The minimum atomic E-state index is -3.82. The number of nitrogens with two attached hydrogens (primary N) is 1. The van der Waals surface area contributed by atoms with E-state index in [1.54, 1.807) is 6.07 Å². The molecule has 32 heavy (non-hydrogen) atoms. The normalized spacial score (nSPS) is 13.8. The van der Waals surface area contributed by atoms with E-state index in [0.29, 0.717) is 22.8 Å². The number of hydrogen-bond donors (Lipinski definition) is 2. The third-order valence-corrected chi connectivity index (χ3v) is 4.81. The van der Waals surface area contributed by atoms with Crippen molar-refractivity contribution in [3.8, 4) is 17.0 Å². The van der Waals surface area contributed by atoms with Crippen LogP contribution in [-0.2, 0) is 0 Å². The molecule has 0 aliphatic carbocycles. The van der Waals surface area contributed by atoms with Crippen molar-refractivity contribution in [1.29, 1.82) is 0 Å². The molecule has 0 radical (unpaired) electrons. The molecule has 1 aliphatic rings. The van der Waals surface area contributed by atoms with Crippen LogP contribution in [0.3, 0.4) is 0 Å². The molecule has 1 saturated heterocycles. The topological polar surface area (TPSA) is 119 Å². The first-order chi connectivity index (χ1) is 15.3. The van der Waals surface area contributed by atoms with E-state index in [4.69, 9.17) is 17.3 Å². The van der Waals surface area contributed by atoms with Gasteiger partial charge < -0.3 is 20.7 Å². The number of rotatable bonds is 6. The number of nitrogens with zero attached hydrogens (tertiary/aromatic N) is 5. The zero-order chi connectivity index (χ0) is 22.7. The van der Waals surface area contributed by atoms with Crippen molar-refractivity contribution in [2.75, 3.05) is 29.0 Å². The van der Waals surface area contributed by atoms with Gasteiger partial charge in [0, 0.05) is 42.1 Å². The Morgan fingerprint density at radius 3 is 2.47 bits per heavy atom. The van der Waals surface area contributed by atoms with Crippen LogP contribution in [0.25, 0.3) is 11.3 Å². The molecular formula is C20H18ClF2N7O2. The molecule has 4 rings (SSSR count). The number of halogens is 3. The van der Waals surface area contributed by atoms with Gasteiger partial charge in [0.25, 0.3) is 5.91 Å². The number of alkyl halides is 3. The Bertz CT molecular complexity index is 1100. The Labute approximate surface area is 186 Å². The number of nitrogens with one attached hydrogen (secondary N) is 1. The molecule has 12 heteroatoms. The molecule has 0 saturated carbocycles. The van der Waals surface area contributed by atoms with Gasteiger partial charge in [-0.1, -0.05) is 0 Å². The molecule has 1 aliphatic heterocycles. The molecule has 1 fully saturated rings. The van der Waals surface area contributed by atoms with Crippen molar-refractivity contribution in [2.24, 2.45) is 0 Å². The lowest BCUT2D eigenvalue weighted by molar-refractivity contribution is -0.0964. The van der Waals surface area contributed by atoms with Crippen LogP contribution < -0.4 is 20.7 Å². The second kappa shape index (κ2) is 8.87. The summed E-state index contributed by atoms with van der Waals surface area (Å²) >= 11 is 4.75. The average molecular weight is 462 g/mol. The Morgan fingerprint density at radius 2 is 1.84 bits per heavy atom. The number of benzene rings is 1. The van der Waals surface area contributed by atoms with Crippen LogP contribution in [0.1, 0.15) is 23.2 Å². The maximum absolute atomic E-state index is 12.8. The molecule has 2 aromatic heterocycles. The first kappa shape index (κ1) is 21.6. The number of ether oxygens (including phenoxy) is 1. The first-order valence-corrected chi connectivity index (χ1v) is 10.0. The van der Waals surface area contributed by atoms with Gasteiger partial charge in [0.1, 0.15) is 17.3 Å². The number of carbonyl (C=O) groups excluding carboxylic acids is 1. The summed E-state index contributed by atoms with van der Waals surface area (Å²) in [5.74, 6) is 0.136. The minimum absolute atomic E-state index is 0.0395. The van der Waals surface area contributed by atoms with E-state index in [1.165, 1.54) is 36.7 Å². The highest BCUT2D eigenvalue weighted by molar-refractivity contribution is 6.20. The van der Waals surface area contributed by atoms with Gasteiger partial charge in [-0.15, -0.1) is 19.0 Å². The highest BCUT2D eigenvalue weighted by atomic mass is 35.5. The maximum atomic E-state index is 12.8. The molecule has 0 atom stereocenters. The van der Waals surface area contributed by atoms with Gasteiger partial charge in [-0.2, -0.15) is 0 Å². The molecule has 1 aromatic carbocycles. The SMILES string of the molecule is Nc1ncc(-c2cc(C(=O)Nc3ccc(OC(F)(F)Cl)cc3)cnc2N2CCCC2)nn1. The molecule has 1 amide bonds. The van der Waals surface area contributed by atoms with E-state index in [9.17, 15) is 13.6 Å². The van der Waals surface area contributed by atoms with Crippen LogP contribution >= 0.6 is 11.6 Å². The van der Waals surface area contributed by atoms with Gasteiger partial charge in [0.2, 0.25) is 5.95 Å². The molecular weight excluding hydrogens is 444 g/mol. The number of amides is 1. The quantitative estimate of drug-likeness (QED) is 0.535. The second-order valence-electron chi connectivity index (χ2n) is 7.02. The minimum Gasteiger partial charge on any atom is -0.420 e. The number of aromatic nitrogens is 4. The van der Waals surface area contributed by atoms with Gasteiger partial charge in [-0.05, 0) is 43.2 Å². The summed E-state index contributed by atoms with van der Waals surface area (Å²) in [5.41, 5.74) is 3.41. The molecule has 166 valence electrons. The smallest absolute Gasteiger partial charge is 0.420 e. The Morgan fingerprint density at radius 1 is 1.12 bits per heavy atom. The summed E-state index contributed by atoms with van der Waals surface area (Å²) in [4.78, 5) is 23.4. The molecule has 3 N–H and O–H groups in total.